The normalized spacial score (nSPS) is 23.6. The Bertz CT molecular complexity index is 626. The third-order valence-corrected chi connectivity index (χ3v) is 2.74. The molecule has 0 saturated carbocycles. The smallest absolute Gasteiger partial charge is 0.167 e. The van der Waals surface area contributed by atoms with E-state index in [1.165, 1.54) is 23.3 Å². The van der Waals surface area contributed by atoms with Gasteiger partial charge in [0.05, 0.1) is 12.9 Å². The largest absolute Gasteiger partial charge is 0.393 e. The highest BCUT2D eigenvalue weighted by atomic mass is 19.1. The van der Waals surface area contributed by atoms with Gasteiger partial charge < -0.3 is 15.6 Å². The molecule has 3 N–H and O–H groups in total. The van der Waals surface area contributed by atoms with Gasteiger partial charge in [0.2, 0.25) is 0 Å². The summed E-state index contributed by atoms with van der Waals surface area (Å²) in [5.41, 5.74) is 6.54. The number of rotatable bonds is 2. The van der Waals surface area contributed by atoms with Gasteiger partial charge in [-0.3, -0.25) is 4.57 Å². The molecule has 8 heteroatoms. The number of nitrogens with zero attached hydrogens (tertiary/aromatic N) is 4. The van der Waals surface area contributed by atoms with Crippen LogP contribution in [0.15, 0.2) is 24.6 Å². The molecule has 0 spiro atoms. The van der Waals surface area contributed by atoms with Crippen molar-refractivity contribution in [3.8, 4) is 0 Å². The fraction of sp³-hybridized carbons (Fsp3) is 0.300. The van der Waals surface area contributed by atoms with E-state index < -0.39 is 24.8 Å². The Kier molecular flexibility index (Phi) is 2.46. The number of halogens is 1. The maximum Gasteiger partial charge on any atom is 0.167 e. The van der Waals surface area contributed by atoms with Gasteiger partial charge in [-0.1, -0.05) is 0 Å². The van der Waals surface area contributed by atoms with Crippen LogP contribution in [-0.4, -0.2) is 37.3 Å². The molecule has 7 nitrogen and oxygen atoms in total. The van der Waals surface area contributed by atoms with Crippen molar-refractivity contribution < 1.29 is 14.2 Å². The fourth-order valence-electron chi connectivity index (χ4n) is 1.85. The molecule has 3 rings (SSSR count). The van der Waals surface area contributed by atoms with Crippen LogP contribution in [0.4, 0.5) is 10.2 Å². The van der Waals surface area contributed by atoms with Gasteiger partial charge in [-0.2, -0.15) is 0 Å². The molecule has 2 atom stereocenters. The maximum atomic E-state index is 13.4. The Morgan fingerprint density at radius 2 is 2.28 bits per heavy atom. The van der Waals surface area contributed by atoms with Crippen molar-refractivity contribution in [1.82, 2.24) is 19.5 Å². The van der Waals surface area contributed by atoms with E-state index in [4.69, 9.17) is 15.6 Å². The van der Waals surface area contributed by atoms with Crippen molar-refractivity contribution in [2.75, 3.05) is 12.3 Å². The van der Waals surface area contributed by atoms with Crippen molar-refractivity contribution in [2.45, 2.75) is 12.3 Å². The lowest BCUT2D eigenvalue weighted by molar-refractivity contribution is -0.0163. The third-order valence-electron chi connectivity index (χ3n) is 2.74. The number of imidazole rings is 1. The SMILES string of the molecule is Nc1ncnc2c1ncn2[C@@H]1C=C(F)[C@H](CO)O1. The number of nitrogen functional groups attached to an aromatic ring is 1. The van der Waals surface area contributed by atoms with Crippen molar-refractivity contribution in [2.24, 2.45) is 0 Å². The van der Waals surface area contributed by atoms with E-state index in [1.807, 2.05) is 0 Å². The molecule has 1 aliphatic rings. The Morgan fingerprint density at radius 3 is 3.00 bits per heavy atom. The van der Waals surface area contributed by atoms with Gasteiger partial charge in [0.25, 0.3) is 0 Å². The van der Waals surface area contributed by atoms with Crippen molar-refractivity contribution in [3.63, 3.8) is 0 Å². The minimum Gasteiger partial charge on any atom is -0.393 e. The summed E-state index contributed by atoms with van der Waals surface area (Å²) in [5, 5.41) is 8.93. The maximum absolute atomic E-state index is 13.4. The summed E-state index contributed by atoms with van der Waals surface area (Å²) in [4.78, 5) is 11.9. The zero-order chi connectivity index (χ0) is 12.7. The zero-order valence-electron chi connectivity index (χ0n) is 9.19. The van der Waals surface area contributed by atoms with Gasteiger partial charge in [0.15, 0.2) is 17.7 Å². The summed E-state index contributed by atoms with van der Waals surface area (Å²) in [6.07, 6.45) is 2.38. The molecule has 0 amide bonds. The minimum atomic E-state index is -0.938. The highest BCUT2D eigenvalue weighted by Crippen LogP contribution is 2.30. The second kappa shape index (κ2) is 4.00. The lowest BCUT2D eigenvalue weighted by atomic mass is 10.3. The molecule has 2 aromatic rings. The summed E-state index contributed by atoms with van der Waals surface area (Å²) >= 11 is 0. The van der Waals surface area contributed by atoms with Crippen molar-refractivity contribution in [1.29, 1.82) is 0 Å². The lowest BCUT2D eigenvalue weighted by Gasteiger charge is -2.13. The topological polar surface area (TPSA) is 99.1 Å². The van der Waals surface area contributed by atoms with Crippen LogP contribution in [0, 0.1) is 0 Å². The third kappa shape index (κ3) is 1.54. The average molecular weight is 251 g/mol. The summed E-state index contributed by atoms with van der Waals surface area (Å²) in [6.45, 7) is -0.414. The Labute approximate surface area is 101 Å². The number of hydrogen-bond donors (Lipinski definition) is 2. The van der Waals surface area contributed by atoms with Crippen molar-refractivity contribution in [3.05, 3.63) is 24.6 Å². The molecule has 0 aromatic carbocycles. The Balaban J connectivity index is 2.04. The first kappa shape index (κ1) is 11.1. The van der Waals surface area contributed by atoms with E-state index in [2.05, 4.69) is 15.0 Å². The molecule has 0 radical (unpaired) electrons. The molecule has 0 bridgehead atoms. The van der Waals surface area contributed by atoms with Gasteiger partial charge in [-0.15, -0.1) is 0 Å². The molecular formula is C10H10FN5O2. The van der Waals surface area contributed by atoms with Gasteiger partial charge in [-0.25, -0.2) is 19.3 Å². The summed E-state index contributed by atoms with van der Waals surface area (Å²) in [5.74, 6) is -0.258. The quantitative estimate of drug-likeness (QED) is 0.788. The summed E-state index contributed by atoms with van der Waals surface area (Å²) in [6, 6.07) is 0. The highest BCUT2D eigenvalue weighted by Gasteiger charge is 2.29. The molecule has 0 fully saturated rings. The predicted molar refractivity (Wildman–Crippen MR) is 59.9 cm³/mol. The van der Waals surface area contributed by atoms with Crippen LogP contribution >= 0.6 is 0 Å². The second-order valence-electron chi connectivity index (χ2n) is 3.83. The van der Waals surface area contributed by atoms with Crippen LogP contribution in [0.5, 0.6) is 0 Å². The number of fused-ring (bicyclic) bond motifs is 1. The van der Waals surface area contributed by atoms with Crippen LogP contribution in [0.25, 0.3) is 11.2 Å². The first-order valence-electron chi connectivity index (χ1n) is 5.27. The van der Waals surface area contributed by atoms with E-state index in [1.54, 1.807) is 0 Å². The van der Waals surface area contributed by atoms with E-state index >= 15 is 0 Å². The predicted octanol–water partition coefficient (Wildman–Crippen LogP) is 0.152. The average Bonchev–Trinajstić information content (AvgIpc) is 2.93. The number of aliphatic hydroxyl groups is 1. The van der Waals surface area contributed by atoms with Gasteiger partial charge in [-0.05, 0) is 6.08 Å². The van der Waals surface area contributed by atoms with Crippen LogP contribution in [0.3, 0.4) is 0 Å². The molecular weight excluding hydrogens is 241 g/mol. The van der Waals surface area contributed by atoms with Gasteiger partial charge >= 0.3 is 0 Å². The van der Waals surface area contributed by atoms with E-state index in [0.717, 1.165) is 0 Å². The fourth-order valence-corrected chi connectivity index (χ4v) is 1.85. The van der Waals surface area contributed by atoms with Crippen LogP contribution in [0.2, 0.25) is 0 Å². The first-order valence-corrected chi connectivity index (χ1v) is 5.27. The molecule has 2 aromatic heterocycles. The van der Waals surface area contributed by atoms with Crippen LogP contribution < -0.4 is 5.73 Å². The number of aromatic nitrogens is 4. The Hall–Kier alpha value is -2.06. The van der Waals surface area contributed by atoms with E-state index in [0.29, 0.717) is 11.2 Å². The second-order valence-corrected chi connectivity index (χ2v) is 3.83. The van der Waals surface area contributed by atoms with Gasteiger partial charge in [0.1, 0.15) is 23.8 Å². The molecule has 18 heavy (non-hydrogen) atoms. The minimum absolute atomic E-state index is 0.250. The van der Waals surface area contributed by atoms with Crippen LogP contribution in [-0.2, 0) is 4.74 Å². The summed E-state index contributed by atoms with van der Waals surface area (Å²) < 4.78 is 20.2. The highest BCUT2D eigenvalue weighted by molar-refractivity contribution is 5.81. The zero-order valence-corrected chi connectivity index (χ0v) is 9.19. The van der Waals surface area contributed by atoms with Crippen LogP contribution in [0.1, 0.15) is 6.23 Å². The van der Waals surface area contributed by atoms with E-state index in [-0.39, 0.29) is 5.82 Å². The molecule has 0 aliphatic carbocycles. The van der Waals surface area contributed by atoms with Gasteiger partial charge in [0, 0.05) is 0 Å². The monoisotopic (exact) mass is 251 g/mol. The van der Waals surface area contributed by atoms with Crippen molar-refractivity contribution >= 4 is 17.0 Å². The molecule has 94 valence electrons. The number of ether oxygens (including phenoxy) is 1. The number of anilines is 1. The molecule has 3 heterocycles. The number of aliphatic hydroxyl groups excluding tert-OH is 1. The summed E-state index contributed by atoms with van der Waals surface area (Å²) in [7, 11) is 0. The standard InChI is InChI=1S/C10H10FN5O2/c11-5-1-7(18-6(5)2-17)16-4-15-8-9(12)13-3-14-10(8)16/h1,3-4,6-7,17H,2H2,(H2,12,13,14)/t6-,7-/m0/s1. The first-order chi connectivity index (χ1) is 8.70. The molecule has 0 saturated heterocycles. The van der Waals surface area contributed by atoms with E-state index in [9.17, 15) is 4.39 Å². The number of nitrogens with two attached hydrogens (primary N) is 1. The molecule has 0 unspecified atom stereocenters. The Morgan fingerprint density at radius 1 is 1.44 bits per heavy atom. The number of hydrogen-bond acceptors (Lipinski definition) is 6. The molecule has 1 aliphatic heterocycles. The lowest BCUT2D eigenvalue weighted by Crippen LogP contribution is -2.16.